The first-order chi connectivity index (χ1) is 10.8. The summed E-state index contributed by atoms with van der Waals surface area (Å²) < 4.78 is 21.9. The Balaban J connectivity index is 1.77. The lowest BCUT2D eigenvalue weighted by atomic mass is 10.1. The van der Waals surface area contributed by atoms with Gasteiger partial charge in [-0.3, -0.25) is 0 Å². The Morgan fingerprint density at radius 2 is 1.32 bits per heavy atom. The van der Waals surface area contributed by atoms with E-state index in [1.807, 2.05) is 18.2 Å². The third-order valence-electron chi connectivity index (χ3n) is 3.33. The third kappa shape index (κ3) is 10.7. The molecule has 0 spiro atoms. The highest BCUT2D eigenvalue weighted by Gasteiger charge is 1.98. The molecule has 1 aromatic carbocycles. The molecule has 1 atom stereocenters. The zero-order valence-electron chi connectivity index (χ0n) is 14.0. The minimum Gasteiger partial charge on any atom is -0.379 e. The predicted molar refractivity (Wildman–Crippen MR) is 88.0 cm³/mol. The number of hydrogen-bond acceptors (Lipinski definition) is 4. The minimum absolute atomic E-state index is 0.597. The van der Waals surface area contributed by atoms with Gasteiger partial charge in [-0.2, -0.15) is 0 Å². The van der Waals surface area contributed by atoms with Crippen LogP contribution >= 0.6 is 0 Å². The Labute approximate surface area is 134 Å². The van der Waals surface area contributed by atoms with Gasteiger partial charge in [0.05, 0.1) is 46.2 Å². The van der Waals surface area contributed by atoms with E-state index < -0.39 is 0 Å². The van der Waals surface area contributed by atoms with Gasteiger partial charge >= 0.3 is 0 Å². The topological polar surface area (TPSA) is 36.9 Å². The normalized spacial score (nSPS) is 12.5. The third-order valence-corrected chi connectivity index (χ3v) is 3.33. The SMILES string of the molecule is CCC(C)COCCOCCOCCOCc1ccccc1. The second-order valence-corrected chi connectivity index (χ2v) is 5.35. The Morgan fingerprint density at radius 1 is 0.773 bits per heavy atom. The quantitative estimate of drug-likeness (QED) is 0.494. The number of rotatable bonds is 14. The van der Waals surface area contributed by atoms with Gasteiger partial charge in [0.2, 0.25) is 0 Å². The van der Waals surface area contributed by atoms with E-state index in [1.54, 1.807) is 0 Å². The lowest BCUT2D eigenvalue weighted by Crippen LogP contribution is -2.13. The zero-order chi connectivity index (χ0) is 15.9. The molecule has 0 aliphatic heterocycles. The number of benzene rings is 1. The van der Waals surface area contributed by atoms with Crippen LogP contribution in [0.2, 0.25) is 0 Å². The highest BCUT2D eigenvalue weighted by Crippen LogP contribution is 2.00. The first-order valence-electron chi connectivity index (χ1n) is 8.17. The maximum atomic E-state index is 5.53. The molecule has 0 saturated carbocycles. The summed E-state index contributed by atoms with van der Waals surface area (Å²) in [5, 5.41) is 0. The van der Waals surface area contributed by atoms with Crippen molar-refractivity contribution in [2.45, 2.75) is 26.9 Å². The smallest absolute Gasteiger partial charge is 0.0718 e. The molecule has 1 aromatic rings. The van der Waals surface area contributed by atoms with Gasteiger partial charge in [0.15, 0.2) is 0 Å². The van der Waals surface area contributed by atoms with Crippen molar-refractivity contribution in [3.8, 4) is 0 Å². The molecular weight excluding hydrogens is 280 g/mol. The van der Waals surface area contributed by atoms with Crippen LogP contribution in [-0.4, -0.2) is 46.2 Å². The average molecular weight is 310 g/mol. The average Bonchev–Trinajstić information content (AvgIpc) is 2.56. The van der Waals surface area contributed by atoms with Crippen LogP contribution in [0.5, 0.6) is 0 Å². The second kappa shape index (κ2) is 13.7. The van der Waals surface area contributed by atoms with Crippen LogP contribution in [-0.2, 0) is 25.6 Å². The summed E-state index contributed by atoms with van der Waals surface area (Å²) in [7, 11) is 0. The molecule has 0 saturated heterocycles. The van der Waals surface area contributed by atoms with E-state index in [0.717, 1.165) is 13.0 Å². The van der Waals surface area contributed by atoms with E-state index in [0.29, 0.717) is 52.2 Å². The molecule has 0 radical (unpaired) electrons. The van der Waals surface area contributed by atoms with Crippen molar-refractivity contribution in [3.05, 3.63) is 35.9 Å². The first kappa shape index (κ1) is 19.1. The molecule has 4 heteroatoms. The molecule has 0 fully saturated rings. The van der Waals surface area contributed by atoms with Crippen molar-refractivity contribution >= 4 is 0 Å². The van der Waals surface area contributed by atoms with Gasteiger partial charge < -0.3 is 18.9 Å². The van der Waals surface area contributed by atoms with Gasteiger partial charge in [-0.25, -0.2) is 0 Å². The van der Waals surface area contributed by atoms with Crippen LogP contribution in [0.25, 0.3) is 0 Å². The molecule has 0 aromatic heterocycles. The van der Waals surface area contributed by atoms with Crippen molar-refractivity contribution in [2.75, 3.05) is 46.2 Å². The van der Waals surface area contributed by atoms with Gasteiger partial charge in [-0.1, -0.05) is 50.6 Å². The Hall–Kier alpha value is -0.940. The van der Waals surface area contributed by atoms with Gasteiger partial charge in [-0.15, -0.1) is 0 Å². The second-order valence-electron chi connectivity index (χ2n) is 5.35. The van der Waals surface area contributed by atoms with Gasteiger partial charge in [0, 0.05) is 6.61 Å². The van der Waals surface area contributed by atoms with Crippen LogP contribution in [0, 0.1) is 5.92 Å². The number of hydrogen-bond donors (Lipinski definition) is 0. The molecule has 1 rings (SSSR count). The zero-order valence-corrected chi connectivity index (χ0v) is 14.0. The Bertz CT molecular complexity index is 342. The molecule has 4 nitrogen and oxygen atoms in total. The minimum atomic E-state index is 0.597. The first-order valence-corrected chi connectivity index (χ1v) is 8.17. The summed E-state index contributed by atoms with van der Waals surface area (Å²) in [6.07, 6.45) is 1.15. The van der Waals surface area contributed by atoms with Gasteiger partial charge in [-0.05, 0) is 11.5 Å². The standard InChI is InChI=1S/C18H30O4/c1-3-17(2)15-21-13-11-19-9-10-20-12-14-22-16-18-7-5-4-6-8-18/h4-8,17H,3,9-16H2,1-2H3. The molecule has 0 bridgehead atoms. The van der Waals surface area contributed by atoms with E-state index in [4.69, 9.17) is 18.9 Å². The van der Waals surface area contributed by atoms with Crippen molar-refractivity contribution in [2.24, 2.45) is 5.92 Å². The molecule has 0 heterocycles. The predicted octanol–water partition coefficient (Wildman–Crippen LogP) is 3.30. The summed E-state index contributed by atoms with van der Waals surface area (Å²) in [5.41, 5.74) is 1.18. The van der Waals surface area contributed by atoms with E-state index in [-0.39, 0.29) is 0 Å². The fraction of sp³-hybridized carbons (Fsp3) is 0.667. The fourth-order valence-electron chi connectivity index (χ4n) is 1.72. The molecule has 0 amide bonds. The van der Waals surface area contributed by atoms with E-state index in [2.05, 4.69) is 26.0 Å². The van der Waals surface area contributed by atoms with E-state index in [1.165, 1.54) is 5.56 Å². The number of ether oxygens (including phenoxy) is 4. The van der Waals surface area contributed by atoms with Crippen molar-refractivity contribution in [1.29, 1.82) is 0 Å². The van der Waals surface area contributed by atoms with Crippen LogP contribution < -0.4 is 0 Å². The Morgan fingerprint density at radius 3 is 1.91 bits per heavy atom. The summed E-state index contributed by atoms with van der Waals surface area (Å²) in [4.78, 5) is 0. The molecular formula is C18H30O4. The van der Waals surface area contributed by atoms with Crippen LogP contribution in [0.1, 0.15) is 25.8 Å². The monoisotopic (exact) mass is 310 g/mol. The lowest BCUT2D eigenvalue weighted by Gasteiger charge is -2.10. The summed E-state index contributed by atoms with van der Waals surface area (Å²) in [6.45, 7) is 9.50. The van der Waals surface area contributed by atoms with Gasteiger partial charge in [0.1, 0.15) is 0 Å². The van der Waals surface area contributed by atoms with E-state index >= 15 is 0 Å². The molecule has 22 heavy (non-hydrogen) atoms. The molecule has 1 unspecified atom stereocenters. The maximum absolute atomic E-state index is 5.53. The lowest BCUT2D eigenvalue weighted by molar-refractivity contribution is -0.00731. The van der Waals surface area contributed by atoms with Crippen LogP contribution in [0.4, 0.5) is 0 Å². The molecule has 126 valence electrons. The van der Waals surface area contributed by atoms with Gasteiger partial charge in [0.25, 0.3) is 0 Å². The van der Waals surface area contributed by atoms with Crippen molar-refractivity contribution < 1.29 is 18.9 Å². The summed E-state index contributed by atoms with van der Waals surface area (Å²) >= 11 is 0. The maximum Gasteiger partial charge on any atom is 0.0718 e. The van der Waals surface area contributed by atoms with E-state index in [9.17, 15) is 0 Å². The highest BCUT2D eigenvalue weighted by atomic mass is 16.6. The highest BCUT2D eigenvalue weighted by molar-refractivity contribution is 5.13. The molecule has 0 aliphatic carbocycles. The van der Waals surface area contributed by atoms with Crippen molar-refractivity contribution in [1.82, 2.24) is 0 Å². The van der Waals surface area contributed by atoms with Crippen molar-refractivity contribution in [3.63, 3.8) is 0 Å². The molecule has 0 N–H and O–H groups in total. The molecule has 0 aliphatic rings. The fourth-order valence-corrected chi connectivity index (χ4v) is 1.72. The Kier molecular flexibility index (Phi) is 11.9. The summed E-state index contributed by atoms with van der Waals surface area (Å²) in [6, 6.07) is 10.1. The van der Waals surface area contributed by atoms with Crippen LogP contribution in [0.3, 0.4) is 0 Å². The van der Waals surface area contributed by atoms with Crippen LogP contribution in [0.15, 0.2) is 30.3 Å². The largest absolute Gasteiger partial charge is 0.379 e. The summed E-state index contributed by atoms with van der Waals surface area (Å²) in [5.74, 6) is 0.624.